The van der Waals surface area contributed by atoms with Gasteiger partial charge in [-0.1, -0.05) is 0 Å². The molecule has 0 fully saturated rings. The van der Waals surface area contributed by atoms with E-state index in [4.69, 9.17) is 9.39 Å². The van der Waals surface area contributed by atoms with Crippen LogP contribution in [0.2, 0.25) is 0 Å². The van der Waals surface area contributed by atoms with Crippen molar-refractivity contribution < 1.29 is 19.0 Å². The molecule has 2 amide bonds. The lowest BCUT2D eigenvalue weighted by Gasteiger charge is -2.20. The number of hydrogen-bond acceptors (Lipinski definition) is 5. The average molecular weight is 301 g/mol. The highest BCUT2D eigenvalue weighted by Crippen LogP contribution is 2.06. The number of amides is 2. The van der Waals surface area contributed by atoms with Gasteiger partial charge in [-0.05, 0) is 40.0 Å². The first-order valence-corrected chi connectivity index (χ1v) is 7.21. The summed E-state index contributed by atoms with van der Waals surface area (Å²) >= 11 is 0. The van der Waals surface area contributed by atoms with Gasteiger partial charge in [0.2, 0.25) is 5.91 Å². The normalized spacial score (nSPS) is 12.4. The number of alkyl carbamates (subject to hydrolysis) is 1. The number of carbonyl (C=O) groups excluding carboxylic acids is 2. The van der Waals surface area contributed by atoms with E-state index < -0.39 is 11.7 Å². The predicted octanol–water partition coefficient (Wildman–Crippen LogP) is 0.298. The van der Waals surface area contributed by atoms with E-state index >= 15 is 0 Å². The first-order chi connectivity index (χ1) is 9.80. The predicted molar refractivity (Wildman–Crippen MR) is 83.2 cm³/mol. The van der Waals surface area contributed by atoms with Gasteiger partial charge in [-0.15, -0.1) is 0 Å². The van der Waals surface area contributed by atoms with Crippen molar-refractivity contribution in [2.75, 3.05) is 20.7 Å². The monoisotopic (exact) mass is 301 g/mol. The number of carbonyl (C=O) groups is 2. The summed E-state index contributed by atoms with van der Waals surface area (Å²) in [5.74, 6) is -0.0628. The summed E-state index contributed by atoms with van der Waals surface area (Å²) in [6, 6.07) is -0.281. The van der Waals surface area contributed by atoms with Gasteiger partial charge in [-0.3, -0.25) is 4.79 Å². The number of ether oxygens (including phenoxy) is 1. The van der Waals surface area contributed by atoms with Crippen LogP contribution in [0.5, 0.6) is 0 Å². The van der Waals surface area contributed by atoms with Gasteiger partial charge in [0.25, 0.3) is 0 Å². The molecule has 0 bridgehead atoms. The minimum atomic E-state index is -0.488. The summed E-state index contributed by atoms with van der Waals surface area (Å²) in [6.07, 6.45) is 1.85. The average Bonchev–Trinajstić information content (AvgIpc) is 2.39. The zero-order valence-electron chi connectivity index (χ0n) is 13.7. The van der Waals surface area contributed by atoms with Gasteiger partial charge in [0, 0.05) is 20.7 Å². The molecule has 0 rings (SSSR count). The first-order valence-electron chi connectivity index (χ1n) is 7.21. The van der Waals surface area contributed by atoms with Crippen molar-refractivity contribution in [3.8, 4) is 0 Å². The van der Waals surface area contributed by atoms with Crippen LogP contribution in [0, 0.1) is 0 Å². The zero-order chi connectivity index (χ0) is 16.3. The molecular weight excluding hydrogens is 273 g/mol. The van der Waals surface area contributed by atoms with E-state index in [1.165, 1.54) is 0 Å². The van der Waals surface area contributed by atoms with E-state index in [9.17, 15) is 9.59 Å². The summed E-state index contributed by atoms with van der Waals surface area (Å²) in [7, 11) is 3.50. The summed E-state index contributed by atoms with van der Waals surface area (Å²) in [5.41, 5.74) is -0.488. The summed E-state index contributed by atoms with van der Waals surface area (Å²) < 4.78 is 10.0. The quantitative estimate of drug-likeness (QED) is 0.421. The fourth-order valence-corrected chi connectivity index (χ4v) is 1.66. The van der Waals surface area contributed by atoms with Crippen LogP contribution in [0.25, 0.3) is 0 Å². The number of likely N-dealkylation sites (N-methyl/N-ethyl adjacent to an activating group) is 1. The van der Waals surface area contributed by atoms with Crippen molar-refractivity contribution in [3.05, 3.63) is 0 Å². The first kappa shape index (κ1) is 19.7. The third-order valence-corrected chi connectivity index (χ3v) is 2.62. The molecule has 0 aromatic carbocycles. The molecule has 0 aliphatic rings. The molecule has 3 N–H and O–H groups in total. The molecule has 0 radical (unpaired) electrons. The Balaban J connectivity index is 3.84. The summed E-state index contributed by atoms with van der Waals surface area (Å²) in [6.45, 7) is 5.99. The second-order valence-electron chi connectivity index (χ2n) is 5.73. The molecule has 0 aliphatic carbocycles. The minimum Gasteiger partial charge on any atom is -0.444 e. The number of nitrogens with one attached hydrogen (secondary N) is 3. The van der Waals surface area contributed by atoms with Crippen LogP contribution in [0.15, 0.2) is 0 Å². The summed E-state index contributed by atoms with van der Waals surface area (Å²) in [5, 5.41) is 8.31. The Morgan fingerprint density at radius 1 is 1.24 bits per heavy atom. The van der Waals surface area contributed by atoms with Gasteiger partial charge in [0.05, 0.1) is 6.04 Å². The fraction of sp³-hybridized carbons (Fsp3) is 0.846. The largest absolute Gasteiger partial charge is 0.444 e. The van der Waals surface area contributed by atoms with Crippen molar-refractivity contribution in [3.63, 3.8) is 0 Å². The summed E-state index contributed by atoms with van der Waals surface area (Å²) in [4.78, 5) is 23.1. The smallest absolute Gasteiger partial charge is 0.407 e. The molecule has 21 heavy (non-hydrogen) atoms. The SMILES string of the molecule is CNC(=O)C(CCCCNC(=O)OC(C)(C)C)NBOC. The molecule has 1 unspecified atom stereocenters. The van der Waals surface area contributed by atoms with Gasteiger partial charge in [0.15, 0.2) is 0 Å². The molecule has 1 atom stereocenters. The van der Waals surface area contributed by atoms with Crippen molar-refractivity contribution in [2.45, 2.75) is 51.7 Å². The molecule has 122 valence electrons. The van der Waals surface area contributed by atoms with Crippen molar-refractivity contribution in [1.82, 2.24) is 15.9 Å². The van der Waals surface area contributed by atoms with Crippen LogP contribution in [0.3, 0.4) is 0 Å². The molecule has 0 aliphatic heterocycles. The second-order valence-corrected chi connectivity index (χ2v) is 5.73. The van der Waals surface area contributed by atoms with Gasteiger partial charge in [-0.25, -0.2) is 4.79 Å². The molecule has 0 aromatic rings. The Kier molecular flexibility index (Phi) is 9.82. The fourth-order valence-electron chi connectivity index (χ4n) is 1.66. The minimum absolute atomic E-state index is 0.0628. The van der Waals surface area contributed by atoms with E-state index in [1.807, 2.05) is 20.8 Å². The van der Waals surface area contributed by atoms with E-state index in [0.717, 1.165) is 12.8 Å². The van der Waals surface area contributed by atoms with E-state index in [1.54, 1.807) is 14.2 Å². The lowest BCUT2D eigenvalue weighted by atomic mass is 10.1. The van der Waals surface area contributed by atoms with Crippen molar-refractivity contribution in [1.29, 1.82) is 0 Å². The van der Waals surface area contributed by atoms with Gasteiger partial charge >= 0.3 is 13.7 Å². The molecule has 0 aromatic heterocycles. The van der Waals surface area contributed by atoms with Crippen LogP contribution < -0.4 is 15.9 Å². The van der Waals surface area contributed by atoms with Gasteiger partial charge in [-0.2, -0.15) is 0 Å². The second kappa shape index (κ2) is 10.5. The van der Waals surface area contributed by atoms with Crippen LogP contribution in [-0.4, -0.2) is 52.0 Å². The lowest BCUT2D eigenvalue weighted by Crippen LogP contribution is -2.45. The molecule has 0 saturated carbocycles. The highest BCUT2D eigenvalue weighted by atomic mass is 16.6. The van der Waals surface area contributed by atoms with Crippen LogP contribution in [0.1, 0.15) is 40.0 Å². The Morgan fingerprint density at radius 3 is 2.43 bits per heavy atom. The highest BCUT2D eigenvalue weighted by Gasteiger charge is 2.17. The van der Waals surface area contributed by atoms with Crippen molar-refractivity contribution >= 4 is 19.6 Å². The zero-order valence-corrected chi connectivity index (χ0v) is 13.7. The molecule has 0 heterocycles. The molecular formula is C13H28BN3O4. The van der Waals surface area contributed by atoms with Gasteiger partial charge in [0.1, 0.15) is 5.60 Å². The lowest BCUT2D eigenvalue weighted by molar-refractivity contribution is -0.122. The maximum atomic E-state index is 11.6. The third kappa shape index (κ3) is 11.1. The topological polar surface area (TPSA) is 88.7 Å². The third-order valence-electron chi connectivity index (χ3n) is 2.62. The van der Waals surface area contributed by atoms with Crippen LogP contribution in [-0.2, 0) is 14.2 Å². The molecule has 0 spiro atoms. The Labute approximate surface area is 127 Å². The van der Waals surface area contributed by atoms with Crippen LogP contribution in [0.4, 0.5) is 4.79 Å². The van der Waals surface area contributed by atoms with Crippen molar-refractivity contribution in [2.24, 2.45) is 0 Å². The Hall–Kier alpha value is -1.28. The standard InChI is InChI=1S/C13H28BN3O4/c1-13(2,3)21-12(19)16-9-7-6-8-10(11(18)15-4)17-14-20-5/h10,14,17H,6-9H2,1-5H3,(H,15,18)(H,16,19). The van der Waals surface area contributed by atoms with Crippen LogP contribution >= 0.6 is 0 Å². The molecule has 7 nitrogen and oxygen atoms in total. The van der Waals surface area contributed by atoms with Gasteiger partial charge < -0.3 is 25.3 Å². The van der Waals surface area contributed by atoms with E-state index in [2.05, 4.69) is 15.9 Å². The van der Waals surface area contributed by atoms with E-state index in [-0.39, 0.29) is 11.9 Å². The molecule has 8 heteroatoms. The number of unbranched alkanes of at least 4 members (excludes halogenated alkanes) is 1. The Bertz CT molecular complexity index is 321. The molecule has 0 saturated heterocycles. The maximum absolute atomic E-state index is 11.6. The highest BCUT2D eigenvalue weighted by molar-refractivity contribution is 6.24. The Morgan fingerprint density at radius 2 is 1.90 bits per heavy atom. The number of hydrogen-bond donors (Lipinski definition) is 3. The van der Waals surface area contributed by atoms with E-state index in [0.29, 0.717) is 20.6 Å². The number of rotatable bonds is 9. The maximum Gasteiger partial charge on any atom is 0.407 e.